The van der Waals surface area contributed by atoms with Gasteiger partial charge in [-0.1, -0.05) is 6.07 Å². The molecule has 96 valence electrons. The molecule has 0 spiro atoms. The average Bonchev–Trinajstić information content (AvgIpc) is 2.76. The smallest absolute Gasteiger partial charge is 0.128 e. The number of hydrogen-bond donors (Lipinski definition) is 1. The maximum absolute atomic E-state index is 5.56. The molecule has 2 heterocycles. The van der Waals surface area contributed by atoms with Crippen LogP contribution in [0.1, 0.15) is 17.1 Å². The van der Waals surface area contributed by atoms with Gasteiger partial charge in [-0.15, -0.1) is 0 Å². The number of nitrogens with one attached hydrogen (secondary N) is 1. The molecular formula is C14H19N3O. The summed E-state index contributed by atoms with van der Waals surface area (Å²) in [4.78, 5) is 6.52. The molecule has 0 aliphatic carbocycles. The van der Waals surface area contributed by atoms with Crippen molar-refractivity contribution in [3.63, 3.8) is 0 Å². The molecule has 0 amide bonds. The quantitative estimate of drug-likeness (QED) is 0.878. The second-order valence-corrected chi connectivity index (χ2v) is 4.42. The molecule has 0 aromatic carbocycles. The van der Waals surface area contributed by atoms with Gasteiger partial charge >= 0.3 is 0 Å². The third-order valence-electron chi connectivity index (χ3n) is 2.77. The van der Waals surface area contributed by atoms with Crippen LogP contribution >= 0.6 is 0 Å². The number of nitrogens with zero attached hydrogens (tertiary/aromatic N) is 2. The van der Waals surface area contributed by atoms with E-state index in [4.69, 9.17) is 4.42 Å². The number of hydrogen-bond acceptors (Lipinski definition) is 4. The molecule has 0 bridgehead atoms. The monoisotopic (exact) mass is 245 g/mol. The first-order chi connectivity index (χ1) is 8.69. The third kappa shape index (κ3) is 3.11. The van der Waals surface area contributed by atoms with Gasteiger partial charge in [0.2, 0.25) is 0 Å². The topological polar surface area (TPSA) is 41.3 Å². The SMILES string of the molecule is CNCc1ccc(N(C)Cc2ccc(C)o2)nc1. The molecule has 4 heteroatoms. The van der Waals surface area contributed by atoms with E-state index >= 15 is 0 Å². The summed E-state index contributed by atoms with van der Waals surface area (Å²) < 4.78 is 5.56. The van der Waals surface area contributed by atoms with Crippen LogP contribution in [0.2, 0.25) is 0 Å². The van der Waals surface area contributed by atoms with Crippen molar-refractivity contribution in [1.29, 1.82) is 0 Å². The summed E-state index contributed by atoms with van der Waals surface area (Å²) in [6.07, 6.45) is 1.90. The Balaban J connectivity index is 2.02. The summed E-state index contributed by atoms with van der Waals surface area (Å²) in [6, 6.07) is 8.10. The lowest BCUT2D eigenvalue weighted by Crippen LogP contribution is -2.17. The van der Waals surface area contributed by atoms with Crippen LogP contribution in [0.4, 0.5) is 5.82 Å². The lowest BCUT2D eigenvalue weighted by Gasteiger charge is -2.16. The van der Waals surface area contributed by atoms with Crippen molar-refractivity contribution in [3.05, 3.63) is 47.5 Å². The van der Waals surface area contributed by atoms with Gasteiger partial charge in [0.05, 0.1) is 6.54 Å². The van der Waals surface area contributed by atoms with Crippen LogP contribution in [0.15, 0.2) is 34.9 Å². The molecule has 0 saturated heterocycles. The Bertz CT molecular complexity index is 490. The van der Waals surface area contributed by atoms with Crippen LogP contribution < -0.4 is 10.2 Å². The van der Waals surface area contributed by atoms with Crippen molar-refractivity contribution >= 4 is 5.82 Å². The molecule has 0 radical (unpaired) electrons. The Morgan fingerprint density at radius 3 is 2.67 bits per heavy atom. The summed E-state index contributed by atoms with van der Waals surface area (Å²) in [5.41, 5.74) is 1.18. The second kappa shape index (κ2) is 5.69. The Morgan fingerprint density at radius 1 is 1.28 bits per heavy atom. The zero-order chi connectivity index (χ0) is 13.0. The van der Waals surface area contributed by atoms with E-state index in [0.717, 1.165) is 30.4 Å². The molecule has 2 rings (SSSR count). The highest BCUT2D eigenvalue weighted by molar-refractivity contribution is 5.38. The molecular weight excluding hydrogens is 226 g/mol. The largest absolute Gasteiger partial charge is 0.464 e. The lowest BCUT2D eigenvalue weighted by atomic mass is 10.3. The molecule has 0 fully saturated rings. The first kappa shape index (κ1) is 12.6. The van der Waals surface area contributed by atoms with Crippen molar-refractivity contribution < 1.29 is 4.42 Å². The van der Waals surface area contributed by atoms with Gasteiger partial charge in [0, 0.05) is 19.8 Å². The van der Waals surface area contributed by atoms with Crippen LogP contribution in [0.3, 0.4) is 0 Å². The van der Waals surface area contributed by atoms with Crippen LogP contribution in [0, 0.1) is 6.92 Å². The zero-order valence-corrected chi connectivity index (χ0v) is 11.1. The Labute approximate surface area is 108 Å². The predicted octanol–water partition coefficient (Wildman–Crippen LogP) is 2.34. The van der Waals surface area contributed by atoms with E-state index in [1.807, 2.05) is 45.4 Å². The van der Waals surface area contributed by atoms with E-state index in [9.17, 15) is 0 Å². The molecule has 0 saturated carbocycles. The van der Waals surface area contributed by atoms with Gasteiger partial charge < -0.3 is 14.6 Å². The maximum atomic E-state index is 5.56. The van der Waals surface area contributed by atoms with Crippen LogP contribution in [0.25, 0.3) is 0 Å². The highest BCUT2D eigenvalue weighted by Crippen LogP contribution is 2.14. The molecule has 1 N–H and O–H groups in total. The number of furan rings is 1. The van der Waals surface area contributed by atoms with Crippen LogP contribution in [-0.4, -0.2) is 19.1 Å². The normalized spacial score (nSPS) is 10.6. The van der Waals surface area contributed by atoms with Gasteiger partial charge in [-0.05, 0) is 37.7 Å². The predicted molar refractivity (Wildman–Crippen MR) is 72.6 cm³/mol. The van der Waals surface area contributed by atoms with Crippen molar-refractivity contribution in [3.8, 4) is 0 Å². The van der Waals surface area contributed by atoms with Gasteiger partial charge in [0.25, 0.3) is 0 Å². The summed E-state index contributed by atoms with van der Waals surface area (Å²) in [6.45, 7) is 3.52. The minimum absolute atomic E-state index is 0.728. The Kier molecular flexibility index (Phi) is 3.99. The van der Waals surface area contributed by atoms with E-state index in [-0.39, 0.29) is 0 Å². The summed E-state index contributed by atoms with van der Waals surface area (Å²) in [5, 5.41) is 3.11. The summed E-state index contributed by atoms with van der Waals surface area (Å²) >= 11 is 0. The molecule has 0 atom stereocenters. The van der Waals surface area contributed by atoms with Crippen LogP contribution in [-0.2, 0) is 13.1 Å². The van der Waals surface area contributed by atoms with Crippen LogP contribution in [0.5, 0.6) is 0 Å². The number of rotatable bonds is 5. The summed E-state index contributed by atoms with van der Waals surface area (Å²) in [7, 11) is 3.94. The van der Waals surface area contributed by atoms with Gasteiger partial charge in [-0.3, -0.25) is 0 Å². The van der Waals surface area contributed by atoms with Crippen molar-refractivity contribution in [1.82, 2.24) is 10.3 Å². The number of anilines is 1. The third-order valence-corrected chi connectivity index (χ3v) is 2.77. The van der Waals surface area contributed by atoms with E-state index in [0.29, 0.717) is 0 Å². The van der Waals surface area contributed by atoms with Gasteiger partial charge in [-0.2, -0.15) is 0 Å². The minimum atomic E-state index is 0.728. The molecule has 2 aromatic rings. The van der Waals surface area contributed by atoms with E-state index in [1.165, 1.54) is 5.56 Å². The van der Waals surface area contributed by atoms with Crippen molar-refractivity contribution in [2.45, 2.75) is 20.0 Å². The number of pyridine rings is 1. The first-order valence-corrected chi connectivity index (χ1v) is 6.05. The number of aryl methyl sites for hydroxylation is 1. The van der Waals surface area contributed by atoms with Gasteiger partial charge in [0.1, 0.15) is 17.3 Å². The summed E-state index contributed by atoms with van der Waals surface area (Å²) in [5.74, 6) is 2.84. The highest BCUT2D eigenvalue weighted by atomic mass is 16.3. The molecule has 4 nitrogen and oxygen atoms in total. The van der Waals surface area contributed by atoms with Gasteiger partial charge in [-0.25, -0.2) is 4.98 Å². The number of aromatic nitrogens is 1. The van der Waals surface area contributed by atoms with E-state index in [1.54, 1.807) is 0 Å². The fourth-order valence-electron chi connectivity index (χ4n) is 1.84. The Morgan fingerprint density at radius 2 is 2.11 bits per heavy atom. The van der Waals surface area contributed by atoms with Crippen molar-refractivity contribution in [2.24, 2.45) is 0 Å². The van der Waals surface area contributed by atoms with Crippen molar-refractivity contribution in [2.75, 3.05) is 19.0 Å². The first-order valence-electron chi connectivity index (χ1n) is 6.05. The minimum Gasteiger partial charge on any atom is -0.464 e. The molecule has 2 aromatic heterocycles. The molecule has 18 heavy (non-hydrogen) atoms. The molecule has 0 unspecified atom stereocenters. The lowest BCUT2D eigenvalue weighted by molar-refractivity contribution is 0.481. The zero-order valence-electron chi connectivity index (χ0n) is 11.1. The molecule has 0 aliphatic rings. The standard InChI is InChI=1S/C14H19N3O/c1-11-4-6-13(18-11)10-17(3)14-7-5-12(8-15-2)9-16-14/h4-7,9,15H,8,10H2,1-3H3. The van der Waals surface area contributed by atoms with E-state index < -0.39 is 0 Å². The fraction of sp³-hybridized carbons (Fsp3) is 0.357. The second-order valence-electron chi connectivity index (χ2n) is 4.42. The van der Waals surface area contributed by atoms with E-state index in [2.05, 4.69) is 21.3 Å². The average molecular weight is 245 g/mol. The fourth-order valence-corrected chi connectivity index (χ4v) is 1.84. The molecule has 0 aliphatic heterocycles. The highest BCUT2D eigenvalue weighted by Gasteiger charge is 2.06. The Hall–Kier alpha value is -1.81. The maximum Gasteiger partial charge on any atom is 0.128 e. The van der Waals surface area contributed by atoms with Gasteiger partial charge in [0.15, 0.2) is 0 Å².